The Balaban J connectivity index is 1.23. The van der Waals surface area contributed by atoms with Crippen molar-refractivity contribution in [1.82, 2.24) is 15.1 Å². The monoisotopic (exact) mass is 421 g/mol. The highest BCUT2D eigenvalue weighted by molar-refractivity contribution is 5.78. The number of fused-ring (bicyclic) bond motifs is 1. The first-order valence-electron chi connectivity index (χ1n) is 10.4. The summed E-state index contributed by atoms with van der Waals surface area (Å²) < 4.78 is 22.4. The number of aromatic nitrogens is 2. The SMILES string of the molecule is Cc1ccccc1OCC(=O)N1CCCC(c2nnc(-c3ccc4c(c3)OCO4)o2)C1. The highest BCUT2D eigenvalue weighted by Gasteiger charge is 2.29. The summed E-state index contributed by atoms with van der Waals surface area (Å²) in [5.74, 6) is 3.05. The summed E-state index contributed by atoms with van der Waals surface area (Å²) >= 11 is 0. The first-order chi connectivity index (χ1) is 15.2. The van der Waals surface area contributed by atoms with E-state index in [1.807, 2.05) is 54.3 Å². The number of likely N-dealkylation sites (tertiary alicyclic amines) is 1. The summed E-state index contributed by atoms with van der Waals surface area (Å²) in [5.41, 5.74) is 1.78. The average Bonchev–Trinajstić information content (AvgIpc) is 3.47. The van der Waals surface area contributed by atoms with Crippen LogP contribution in [0.1, 0.15) is 30.2 Å². The minimum Gasteiger partial charge on any atom is -0.484 e. The molecule has 0 bridgehead atoms. The van der Waals surface area contributed by atoms with E-state index in [1.54, 1.807) is 0 Å². The first-order valence-corrected chi connectivity index (χ1v) is 10.4. The number of hydrogen-bond donors (Lipinski definition) is 0. The smallest absolute Gasteiger partial charge is 0.260 e. The molecule has 3 heterocycles. The van der Waals surface area contributed by atoms with Crippen LogP contribution in [0.25, 0.3) is 11.5 Å². The van der Waals surface area contributed by atoms with Gasteiger partial charge in [-0.3, -0.25) is 4.79 Å². The van der Waals surface area contributed by atoms with E-state index in [2.05, 4.69) is 10.2 Å². The van der Waals surface area contributed by atoms with Crippen molar-refractivity contribution in [2.45, 2.75) is 25.7 Å². The Hall–Kier alpha value is -3.55. The third kappa shape index (κ3) is 4.05. The number of carbonyl (C=O) groups is 1. The lowest BCUT2D eigenvalue weighted by atomic mass is 9.98. The third-order valence-electron chi connectivity index (χ3n) is 5.63. The zero-order valence-electron chi connectivity index (χ0n) is 17.2. The number of amides is 1. The fraction of sp³-hybridized carbons (Fsp3) is 0.348. The minimum atomic E-state index is -0.0385. The standard InChI is InChI=1S/C23H23N3O5/c1-15-5-2-3-7-18(15)28-13-21(27)26-10-4-6-17(12-26)23-25-24-22(31-23)16-8-9-19-20(11-16)30-14-29-19/h2-3,5,7-9,11,17H,4,6,10,12-14H2,1H3. The van der Waals surface area contributed by atoms with Gasteiger partial charge < -0.3 is 23.5 Å². The van der Waals surface area contributed by atoms with Crippen LogP contribution in [-0.2, 0) is 4.79 Å². The van der Waals surface area contributed by atoms with Crippen LogP contribution in [0.4, 0.5) is 0 Å². The zero-order chi connectivity index (χ0) is 21.2. The largest absolute Gasteiger partial charge is 0.484 e. The van der Waals surface area contributed by atoms with Gasteiger partial charge in [-0.05, 0) is 49.6 Å². The van der Waals surface area contributed by atoms with Crippen LogP contribution in [0.5, 0.6) is 17.2 Å². The van der Waals surface area contributed by atoms with Gasteiger partial charge in [-0.25, -0.2) is 0 Å². The quantitative estimate of drug-likeness (QED) is 0.622. The second kappa shape index (κ2) is 8.29. The Morgan fingerprint density at radius 2 is 2.03 bits per heavy atom. The van der Waals surface area contributed by atoms with Crippen molar-refractivity contribution in [3.05, 3.63) is 53.9 Å². The van der Waals surface area contributed by atoms with Crippen LogP contribution in [0, 0.1) is 6.92 Å². The molecule has 5 rings (SSSR count). The van der Waals surface area contributed by atoms with E-state index in [0.717, 1.165) is 29.7 Å². The first kappa shape index (κ1) is 19.4. The fourth-order valence-corrected chi connectivity index (χ4v) is 3.90. The summed E-state index contributed by atoms with van der Waals surface area (Å²) in [5, 5.41) is 8.45. The highest BCUT2D eigenvalue weighted by atomic mass is 16.7. The van der Waals surface area contributed by atoms with Gasteiger partial charge in [-0.15, -0.1) is 10.2 Å². The molecule has 1 fully saturated rings. The molecule has 0 saturated carbocycles. The molecule has 2 aliphatic rings. The Kier molecular flexibility index (Phi) is 5.19. The van der Waals surface area contributed by atoms with Gasteiger partial charge in [-0.2, -0.15) is 0 Å². The molecule has 1 aromatic heterocycles. The molecule has 1 saturated heterocycles. The summed E-state index contributed by atoms with van der Waals surface area (Å²) in [6, 6.07) is 13.2. The van der Waals surface area contributed by atoms with Gasteiger partial charge in [-0.1, -0.05) is 18.2 Å². The number of para-hydroxylation sites is 1. The van der Waals surface area contributed by atoms with E-state index >= 15 is 0 Å². The minimum absolute atomic E-state index is 0.00595. The maximum absolute atomic E-state index is 12.7. The maximum atomic E-state index is 12.7. The predicted molar refractivity (Wildman–Crippen MR) is 111 cm³/mol. The van der Waals surface area contributed by atoms with Crippen LogP contribution in [0.2, 0.25) is 0 Å². The Morgan fingerprint density at radius 1 is 1.16 bits per heavy atom. The van der Waals surface area contributed by atoms with Crippen molar-refractivity contribution in [1.29, 1.82) is 0 Å². The van der Waals surface area contributed by atoms with Crippen molar-refractivity contribution in [3.8, 4) is 28.7 Å². The number of aryl methyl sites for hydroxylation is 1. The van der Waals surface area contributed by atoms with Crippen molar-refractivity contribution in [2.75, 3.05) is 26.5 Å². The maximum Gasteiger partial charge on any atom is 0.260 e. The molecule has 1 atom stereocenters. The van der Waals surface area contributed by atoms with Gasteiger partial charge >= 0.3 is 0 Å². The predicted octanol–water partition coefficient (Wildman–Crippen LogP) is 3.56. The zero-order valence-corrected chi connectivity index (χ0v) is 17.2. The van der Waals surface area contributed by atoms with E-state index in [0.29, 0.717) is 36.4 Å². The van der Waals surface area contributed by atoms with Crippen molar-refractivity contribution in [2.24, 2.45) is 0 Å². The molecule has 3 aromatic rings. The molecule has 1 amide bonds. The fourth-order valence-electron chi connectivity index (χ4n) is 3.90. The van der Waals surface area contributed by atoms with Crippen molar-refractivity contribution >= 4 is 5.91 Å². The summed E-state index contributed by atoms with van der Waals surface area (Å²) in [6.07, 6.45) is 1.77. The molecule has 0 N–H and O–H groups in total. The molecule has 8 nitrogen and oxygen atoms in total. The van der Waals surface area contributed by atoms with E-state index in [4.69, 9.17) is 18.6 Å². The average molecular weight is 421 g/mol. The molecule has 0 aliphatic carbocycles. The molecule has 160 valence electrons. The second-order valence-electron chi connectivity index (χ2n) is 7.75. The molecule has 8 heteroatoms. The molecule has 1 unspecified atom stereocenters. The topological polar surface area (TPSA) is 86.9 Å². The van der Waals surface area contributed by atoms with Gasteiger partial charge in [0, 0.05) is 18.7 Å². The van der Waals surface area contributed by atoms with Crippen LogP contribution < -0.4 is 14.2 Å². The molecule has 2 aromatic carbocycles. The Labute approximate surface area is 179 Å². The normalized spacial score (nSPS) is 17.6. The number of carbonyl (C=O) groups excluding carboxylic acids is 1. The van der Waals surface area contributed by atoms with Crippen LogP contribution in [-0.4, -0.2) is 47.5 Å². The Bertz CT molecular complexity index is 1100. The van der Waals surface area contributed by atoms with Gasteiger partial charge in [0.25, 0.3) is 5.91 Å². The molecule has 0 radical (unpaired) electrons. The number of benzene rings is 2. The van der Waals surface area contributed by atoms with Gasteiger partial charge in [0.1, 0.15) is 5.75 Å². The molecular weight excluding hydrogens is 398 g/mol. The van der Waals surface area contributed by atoms with Gasteiger partial charge in [0.05, 0.1) is 5.92 Å². The van der Waals surface area contributed by atoms with Crippen molar-refractivity contribution < 1.29 is 23.4 Å². The number of hydrogen-bond acceptors (Lipinski definition) is 7. The van der Waals surface area contributed by atoms with Crippen LogP contribution >= 0.6 is 0 Å². The number of rotatable bonds is 5. The second-order valence-corrected chi connectivity index (χ2v) is 7.75. The summed E-state index contributed by atoms with van der Waals surface area (Å²) in [4.78, 5) is 14.5. The number of ether oxygens (including phenoxy) is 3. The highest BCUT2D eigenvalue weighted by Crippen LogP contribution is 2.36. The lowest BCUT2D eigenvalue weighted by molar-refractivity contribution is -0.134. The molecule has 2 aliphatic heterocycles. The summed E-state index contributed by atoms with van der Waals surface area (Å²) in [7, 11) is 0. The van der Waals surface area contributed by atoms with E-state index in [-0.39, 0.29) is 25.2 Å². The lowest BCUT2D eigenvalue weighted by Gasteiger charge is -2.31. The Morgan fingerprint density at radius 3 is 2.94 bits per heavy atom. The lowest BCUT2D eigenvalue weighted by Crippen LogP contribution is -2.41. The third-order valence-corrected chi connectivity index (χ3v) is 5.63. The van der Waals surface area contributed by atoms with E-state index in [1.165, 1.54) is 0 Å². The van der Waals surface area contributed by atoms with Crippen LogP contribution in [0.3, 0.4) is 0 Å². The van der Waals surface area contributed by atoms with Crippen molar-refractivity contribution in [3.63, 3.8) is 0 Å². The number of piperidine rings is 1. The van der Waals surface area contributed by atoms with E-state index < -0.39 is 0 Å². The molecular formula is C23H23N3O5. The van der Waals surface area contributed by atoms with Gasteiger partial charge in [0.2, 0.25) is 18.6 Å². The molecule has 0 spiro atoms. The number of nitrogens with zero attached hydrogens (tertiary/aromatic N) is 3. The van der Waals surface area contributed by atoms with E-state index in [9.17, 15) is 4.79 Å². The van der Waals surface area contributed by atoms with Gasteiger partial charge in [0.15, 0.2) is 18.1 Å². The van der Waals surface area contributed by atoms with Crippen LogP contribution in [0.15, 0.2) is 46.9 Å². The molecule has 31 heavy (non-hydrogen) atoms. The summed E-state index contributed by atoms with van der Waals surface area (Å²) in [6.45, 7) is 3.44.